The Balaban J connectivity index is 0. The summed E-state index contributed by atoms with van der Waals surface area (Å²) >= 11 is -2.16. The standard InChI is InChI=1S/C6H18NSi2.C5H12N.2C2H5.2CH3.2In/c1-8(2,3)7-9(4,5)6;1-4-5-6(2)3;2*1-2;;;;/h1-6H3;1,4-5H2,2-3H3;2*1H2,2H3;2*1H3;;/q-1;;;;;;;+1. The fourth-order valence-electron chi connectivity index (χ4n) is 3.57. The molecule has 0 aliphatic carbocycles. The van der Waals surface area contributed by atoms with E-state index in [0.717, 1.165) is 0 Å². The minimum atomic E-state index is -1.33. The molecule has 0 rings (SSSR count). The summed E-state index contributed by atoms with van der Waals surface area (Å²) in [6.07, 6.45) is 1.43. The molecule has 0 aromatic heterocycles. The van der Waals surface area contributed by atoms with E-state index in [2.05, 4.69) is 83.7 Å². The predicted octanol–water partition coefficient (Wildman–Crippen LogP) is 5.68. The van der Waals surface area contributed by atoms with Crippen molar-refractivity contribution in [2.45, 2.75) is 81.4 Å². The number of hydrogen-bond acceptors (Lipinski definition) is 2. The third kappa shape index (κ3) is 14.9. The molecule has 0 atom stereocenters. The van der Waals surface area contributed by atoms with E-state index in [-0.39, 0.29) is 0 Å². The van der Waals surface area contributed by atoms with E-state index in [0.29, 0.717) is 0 Å². The van der Waals surface area contributed by atoms with Gasteiger partial charge in [0, 0.05) is 0 Å². The molecule has 0 saturated carbocycles. The van der Waals surface area contributed by atoms with Crippen molar-refractivity contribution in [1.82, 2.24) is 7.12 Å². The Bertz CT molecular complexity index is 261. The number of rotatable bonds is 9. The van der Waals surface area contributed by atoms with Gasteiger partial charge in [0.15, 0.2) is 0 Å². The van der Waals surface area contributed by atoms with Crippen molar-refractivity contribution in [3.63, 3.8) is 0 Å². The molecule has 0 aromatic carbocycles. The zero-order valence-electron chi connectivity index (χ0n) is 18.6. The Kier molecular flexibility index (Phi) is 15.8. The van der Waals surface area contributed by atoms with Crippen molar-refractivity contribution in [2.75, 3.05) is 20.6 Å². The Hall–Kier alpha value is 2.09. The minimum absolute atomic E-state index is 0.830. The van der Waals surface area contributed by atoms with Gasteiger partial charge in [0.2, 0.25) is 0 Å². The molecule has 0 saturated heterocycles. The van der Waals surface area contributed by atoms with Gasteiger partial charge in [0.25, 0.3) is 0 Å². The van der Waals surface area contributed by atoms with E-state index < -0.39 is 59.6 Å². The number of hydrogen-bond donors (Lipinski definition) is 0. The molecule has 0 bridgehead atoms. The molecule has 0 amide bonds. The molecule has 23 heavy (non-hydrogen) atoms. The summed E-state index contributed by atoms with van der Waals surface area (Å²) in [7, 11) is 2.22. The maximum absolute atomic E-state index is 3.14. The van der Waals surface area contributed by atoms with Crippen LogP contribution in [-0.4, -0.2) is 87.4 Å². The molecule has 0 aliphatic heterocycles. The molecule has 0 aromatic rings. The zero-order valence-corrected chi connectivity index (χ0v) is 27.2. The summed E-state index contributed by atoms with van der Waals surface area (Å²) in [4.78, 5) is 2.27. The van der Waals surface area contributed by atoms with Crippen LogP contribution < -0.4 is 0 Å². The van der Waals surface area contributed by atoms with Crippen LogP contribution in [0.1, 0.15) is 20.3 Å². The van der Waals surface area contributed by atoms with Crippen LogP contribution in [0.3, 0.4) is 0 Å². The van der Waals surface area contributed by atoms with Gasteiger partial charge >= 0.3 is 169 Å². The van der Waals surface area contributed by atoms with Gasteiger partial charge in [-0.2, -0.15) is 0 Å². The van der Waals surface area contributed by atoms with Gasteiger partial charge in [0.1, 0.15) is 0 Å². The first-order valence-corrected chi connectivity index (χ1v) is 31.7. The number of nitrogens with zero attached hydrogens (tertiary/aromatic N) is 2. The average molecular weight is 564 g/mol. The van der Waals surface area contributed by atoms with E-state index in [9.17, 15) is 0 Å². The molecule has 0 aliphatic rings. The summed E-state index contributed by atoms with van der Waals surface area (Å²) in [6, 6.07) is 0. The third-order valence-corrected chi connectivity index (χ3v) is 41.1. The molecule has 2 nitrogen and oxygen atoms in total. The van der Waals surface area contributed by atoms with Crippen LogP contribution in [0, 0.1) is 0 Å². The van der Waals surface area contributed by atoms with Gasteiger partial charge in [-0.3, -0.25) is 0 Å². The van der Waals surface area contributed by atoms with Crippen molar-refractivity contribution in [3.05, 3.63) is 0 Å². The van der Waals surface area contributed by atoms with Crippen LogP contribution in [-0.2, 0) is 0 Å². The Morgan fingerprint density at radius 3 is 1.35 bits per heavy atom. The second-order valence-corrected chi connectivity index (χ2v) is 42.0. The molecule has 0 spiro atoms. The first-order chi connectivity index (χ1) is 10.3. The zero-order chi connectivity index (χ0) is 18.8. The van der Waals surface area contributed by atoms with Gasteiger partial charge in [-0.05, 0) is 0 Å². The SMILES string of the molecule is CN(C)CC[CH2][In]([CH3])[CH3].C[CH2][In]([CH2]C)[N]([Si](C)(C)C)[Si](C)(C)C. The van der Waals surface area contributed by atoms with Crippen LogP contribution in [0.25, 0.3) is 0 Å². The fourth-order valence-corrected chi connectivity index (χ4v) is 44.1. The predicted molar refractivity (Wildman–Crippen MR) is 121 cm³/mol. The van der Waals surface area contributed by atoms with Crippen LogP contribution in [0.15, 0.2) is 0 Å². The topological polar surface area (TPSA) is 6.48 Å². The van der Waals surface area contributed by atoms with Crippen LogP contribution in [0.5, 0.6) is 0 Å². The average Bonchev–Trinajstić information content (AvgIpc) is 2.32. The second kappa shape index (κ2) is 13.3. The van der Waals surface area contributed by atoms with Gasteiger partial charge < -0.3 is 0 Å². The quantitative estimate of drug-likeness (QED) is 0.333. The molecule has 0 N–H and O–H groups in total. The molecule has 0 heterocycles. The van der Waals surface area contributed by atoms with Crippen LogP contribution >= 0.6 is 0 Å². The van der Waals surface area contributed by atoms with Gasteiger partial charge in [-0.15, -0.1) is 0 Å². The fraction of sp³-hybridized carbons (Fsp3) is 1.00. The van der Waals surface area contributed by atoms with Crippen molar-refractivity contribution >= 4 is 59.6 Å². The first kappa shape index (κ1) is 27.3. The third-order valence-electron chi connectivity index (χ3n) is 4.14. The molecule has 138 valence electrons. The molecule has 6 heteroatoms. The Morgan fingerprint density at radius 2 is 1.17 bits per heavy atom. The van der Waals surface area contributed by atoms with Crippen LogP contribution in [0.2, 0.25) is 61.2 Å². The summed E-state index contributed by atoms with van der Waals surface area (Å²) in [5, 5.41) is 0. The maximum atomic E-state index is 3.14. The molecule has 0 unspecified atom stereocenters. The second-order valence-electron chi connectivity index (χ2n) is 9.52. The van der Waals surface area contributed by atoms with Crippen LogP contribution in [0.4, 0.5) is 0 Å². The normalized spacial score (nSPS) is 12.3. The monoisotopic (exact) mass is 564 g/mol. The van der Waals surface area contributed by atoms with Gasteiger partial charge in [-0.25, -0.2) is 0 Å². The van der Waals surface area contributed by atoms with Gasteiger partial charge in [0.05, 0.1) is 0 Å². The van der Waals surface area contributed by atoms with E-state index in [4.69, 9.17) is 0 Å². The summed E-state index contributed by atoms with van der Waals surface area (Å²) in [5.41, 5.74) is 0. The molecular weight excluding hydrogens is 518 g/mol. The van der Waals surface area contributed by atoms with Gasteiger partial charge in [-0.1, -0.05) is 0 Å². The summed E-state index contributed by atoms with van der Waals surface area (Å²) in [5.74, 6) is 0. The Morgan fingerprint density at radius 1 is 0.783 bits per heavy atom. The molecule has 0 radical (unpaired) electrons. The molecular formula is C17H46In2N2Si2. The van der Waals surface area contributed by atoms with Crippen molar-refractivity contribution < 1.29 is 0 Å². The van der Waals surface area contributed by atoms with E-state index >= 15 is 0 Å². The summed E-state index contributed by atoms with van der Waals surface area (Å²) < 4.78 is 12.7. The van der Waals surface area contributed by atoms with Crippen molar-refractivity contribution in [3.8, 4) is 0 Å². The summed E-state index contributed by atoms with van der Waals surface area (Å²) in [6.45, 7) is 21.4. The van der Waals surface area contributed by atoms with E-state index in [1.807, 2.05) is 0 Å². The Labute approximate surface area is 167 Å². The first-order valence-electron chi connectivity index (χ1n) is 9.71. The van der Waals surface area contributed by atoms with Crippen molar-refractivity contribution in [2.24, 2.45) is 0 Å². The van der Waals surface area contributed by atoms with E-state index in [1.54, 1.807) is 4.18 Å². The van der Waals surface area contributed by atoms with Crippen molar-refractivity contribution in [1.29, 1.82) is 0 Å². The van der Waals surface area contributed by atoms with E-state index in [1.165, 1.54) is 21.3 Å². The molecule has 0 fully saturated rings.